The van der Waals surface area contributed by atoms with E-state index >= 15 is 0 Å². The number of sulfone groups is 1. The van der Waals surface area contributed by atoms with Crippen LogP contribution in [0.5, 0.6) is 0 Å². The summed E-state index contributed by atoms with van der Waals surface area (Å²) in [7, 11) is -3.62. The third-order valence-corrected chi connectivity index (χ3v) is 8.93. The number of halogens is 1. The summed E-state index contributed by atoms with van der Waals surface area (Å²) < 4.78 is 31.0. The largest absolute Gasteiger partial charge is 0.377 e. The predicted molar refractivity (Wildman–Crippen MR) is 99.6 cm³/mol. The van der Waals surface area contributed by atoms with Crippen LogP contribution in [0.25, 0.3) is 0 Å². The number of nitrogens with zero attached hydrogens (tertiary/aromatic N) is 4. The summed E-state index contributed by atoms with van der Waals surface area (Å²) >= 11 is 7.32. The highest BCUT2D eigenvalue weighted by Crippen LogP contribution is 2.55. The second kappa shape index (κ2) is 6.40. The smallest absolute Gasteiger partial charge is 0.224 e. The zero-order chi connectivity index (χ0) is 18.5. The number of hydrogen-bond donors (Lipinski definition) is 0. The molecular formula is C16H19ClN4O3S2. The first-order valence-electron chi connectivity index (χ1n) is 8.40. The van der Waals surface area contributed by atoms with E-state index in [9.17, 15) is 8.42 Å². The fourth-order valence-electron chi connectivity index (χ4n) is 3.25. The molecule has 0 aromatic carbocycles. The number of morpholine rings is 1. The average Bonchev–Trinajstić information content (AvgIpc) is 3.31. The van der Waals surface area contributed by atoms with Crippen molar-refractivity contribution in [1.29, 1.82) is 0 Å². The molecule has 10 heteroatoms. The van der Waals surface area contributed by atoms with Gasteiger partial charge in [-0.05, 0) is 38.3 Å². The molecule has 2 fully saturated rings. The molecule has 2 aliphatic rings. The topological polar surface area (TPSA) is 85.3 Å². The molecule has 3 heterocycles. The Labute approximate surface area is 161 Å². The number of rotatable bonds is 4. The van der Waals surface area contributed by atoms with Crippen LogP contribution in [0.15, 0.2) is 15.8 Å². The van der Waals surface area contributed by atoms with Gasteiger partial charge in [-0.25, -0.2) is 23.4 Å². The Kier molecular flexibility index (Phi) is 4.45. The molecule has 0 amide bonds. The summed E-state index contributed by atoms with van der Waals surface area (Å²) in [5.41, 5.74) is 1.16. The van der Waals surface area contributed by atoms with Crippen molar-refractivity contribution >= 4 is 38.6 Å². The number of aryl methyl sites for hydroxylation is 1. The average molecular weight is 415 g/mol. The van der Waals surface area contributed by atoms with Crippen molar-refractivity contribution in [2.75, 3.05) is 24.7 Å². The van der Waals surface area contributed by atoms with Gasteiger partial charge in [-0.1, -0.05) is 0 Å². The van der Waals surface area contributed by atoms with Crippen molar-refractivity contribution in [3.8, 4) is 0 Å². The van der Waals surface area contributed by atoms with Crippen LogP contribution in [0.1, 0.15) is 31.2 Å². The summed E-state index contributed by atoms with van der Waals surface area (Å²) in [6.07, 6.45) is 1.03. The van der Waals surface area contributed by atoms with Gasteiger partial charge in [0.05, 0.1) is 24.9 Å². The molecule has 0 N–H and O–H groups in total. The zero-order valence-corrected chi connectivity index (χ0v) is 16.9. The number of thiazole rings is 1. The second-order valence-corrected chi connectivity index (χ2v) is 10.4. The van der Waals surface area contributed by atoms with Crippen LogP contribution in [0.3, 0.4) is 0 Å². The molecule has 1 saturated heterocycles. The number of aromatic nitrogens is 3. The van der Waals surface area contributed by atoms with Crippen molar-refractivity contribution in [3.63, 3.8) is 0 Å². The lowest BCUT2D eigenvalue weighted by Crippen LogP contribution is -2.44. The lowest BCUT2D eigenvalue weighted by molar-refractivity contribution is 0.0985. The Morgan fingerprint density at radius 2 is 2.12 bits per heavy atom. The molecule has 0 spiro atoms. The molecule has 4 rings (SSSR count). The molecule has 1 aliphatic heterocycles. The van der Waals surface area contributed by atoms with Crippen molar-refractivity contribution in [2.24, 2.45) is 0 Å². The Morgan fingerprint density at radius 3 is 2.73 bits per heavy atom. The minimum absolute atomic E-state index is 0.0630. The van der Waals surface area contributed by atoms with E-state index in [1.54, 1.807) is 18.4 Å². The molecule has 7 nitrogen and oxygen atoms in total. The Hall–Kier alpha value is -1.29. The van der Waals surface area contributed by atoms with Crippen molar-refractivity contribution in [1.82, 2.24) is 15.0 Å². The predicted octanol–water partition coefficient (Wildman–Crippen LogP) is 2.58. The van der Waals surface area contributed by atoms with E-state index in [4.69, 9.17) is 16.3 Å². The molecule has 0 radical (unpaired) electrons. The van der Waals surface area contributed by atoms with E-state index in [0.29, 0.717) is 49.8 Å². The van der Waals surface area contributed by atoms with Gasteiger partial charge in [0.2, 0.25) is 19.5 Å². The van der Waals surface area contributed by atoms with Crippen molar-refractivity contribution in [2.45, 2.75) is 41.8 Å². The normalized spacial score (nSPS) is 22.4. The lowest BCUT2D eigenvalue weighted by atomic mass is 10.2. The van der Waals surface area contributed by atoms with Crippen LogP contribution < -0.4 is 4.90 Å². The molecule has 2 aromatic heterocycles. The molecule has 1 saturated carbocycles. The van der Waals surface area contributed by atoms with E-state index in [1.165, 1.54) is 0 Å². The Balaban J connectivity index is 1.76. The zero-order valence-electron chi connectivity index (χ0n) is 14.5. The quantitative estimate of drug-likeness (QED) is 0.710. The van der Waals surface area contributed by atoms with E-state index in [0.717, 1.165) is 11.3 Å². The van der Waals surface area contributed by atoms with Gasteiger partial charge < -0.3 is 9.64 Å². The van der Waals surface area contributed by atoms with Gasteiger partial charge in [-0.3, -0.25) is 0 Å². The van der Waals surface area contributed by atoms with Gasteiger partial charge in [0.1, 0.15) is 10.6 Å². The van der Waals surface area contributed by atoms with E-state index in [2.05, 4.69) is 19.9 Å². The molecule has 26 heavy (non-hydrogen) atoms. The van der Waals surface area contributed by atoms with Crippen LogP contribution in [0.4, 0.5) is 5.82 Å². The third kappa shape index (κ3) is 2.90. The number of anilines is 1. The van der Waals surface area contributed by atoms with Gasteiger partial charge in [0.25, 0.3) is 0 Å². The maximum absolute atomic E-state index is 13.2. The van der Waals surface area contributed by atoms with Gasteiger partial charge in [0, 0.05) is 23.7 Å². The maximum Gasteiger partial charge on any atom is 0.224 e. The fourth-order valence-corrected chi connectivity index (χ4v) is 6.70. The molecular weight excluding hydrogens is 396 g/mol. The van der Waals surface area contributed by atoms with Crippen LogP contribution in [-0.4, -0.2) is 49.2 Å². The minimum atomic E-state index is -3.62. The third-order valence-electron chi connectivity index (χ3n) is 4.86. The molecule has 140 valence electrons. The van der Waals surface area contributed by atoms with Crippen molar-refractivity contribution in [3.05, 3.63) is 28.1 Å². The highest BCUT2D eigenvalue weighted by atomic mass is 35.5. The van der Waals surface area contributed by atoms with Gasteiger partial charge in [-0.15, -0.1) is 11.3 Å². The van der Waals surface area contributed by atoms with Gasteiger partial charge >= 0.3 is 0 Å². The molecule has 1 atom stereocenters. The van der Waals surface area contributed by atoms with Crippen LogP contribution in [0.2, 0.25) is 5.28 Å². The van der Waals surface area contributed by atoms with E-state index in [1.807, 2.05) is 6.92 Å². The first-order valence-corrected chi connectivity index (χ1v) is 11.1. The number of ether oxygens (including phenoxy) is 1. The summed E-state index contributed by atoms with van der Waals surface area (Å²) in [5.74, 6) is 0.646. The molecule has 1 aliphatic carbocycles. The highest BCUT2D eigenvalue weighted by molar-refractivity contribution is 7.94. The summed E-state index contributed by atoms with van der Waals surface area (Å²) in [4.78, 5) is 14.9. The van der Waals surface area contributed by atoms with Crippen LogP contribution in [-0.2, 0) is 19.3 Å². The Bertz CT molecular complexity index is 943. The summed E-state index contributed by atoms with van der Waals surface area (Å²) in [5, 5.41) is 1.81. The van der Waals surface area contributed by atoms with Crippen LogP contribution >= 0.6 is 22.9 Å². The Morgan fingerprint density at radius 1 is 1.35 bits per heavy atom. The number of hydrogen-bond acceptors (Lipinski definition) is 8. The van der Waals surface area contributed by atoms with Crippen molar-refractivity contribution < 1.29 is 13.2 Å². The molecule has 2 aromatic rings. The van der Waals surface area contributed by atoms with E-state index < -0.39 is 14.6 Å². The standard InChI is InChI=1S/C16H19ClN4O3S2/c1-10-9-25-15(18-10)26(22,23)16(3-4-16)12-7-13(20-14(17)19-12)21-5-6-24-8-11(21)2/h7,9,11H,3-6,8H2,1-2H3/t11-/m0/s1. The lowest BCUT2D eigenvalue weighted by Gasteiger charge is -2.34. The van der Waals surface area contributed by atoms with Gasteiger partial charge in [-0.2, -0.15) is 0 Å². The minimum Gasteiger partial charge on any atom is -0.377 e. The monoisotopic (exact) mass is 414 g/mol. The van der Waals surface area contributed by atoms with E-state index in [-0.39, 0.29) is 15.7 Å². The SMILES string of the molecule is Cc1csc(S(=O)(=O)C2(c3cc(N4CCOC[C@@H]4C)nc(Cl)n3)CC2)n1. The molecule has 0 bridgehead atoms. The first kappa shape index (κ1) is 18.1. The first-order chi connectivity index (χ1) is 12.3. The summed E-state index contributed by atoms with van der Waals surface area (Å²) in [6.45, 7) is 5.70. The van der Waals surface area contributed by atoms with Crippen LogP contribution in [0, 0.1) is 6.92 Å². The summed E-state index contributed by atoms with van der Waals surface area (Å²) in [6, 6.07) is 1.90. The van der Waals surface area contributed by atoms with Gasteiger partial charge in [0.15, 0.2) is 0 Å². The fraction of sp³-hybridized carbons (Fsp3) is 0.562. The highest BCUT2D eigenvalue weighted by Gasteiger charge is 2.59. The molecule has 0 unspecified atom stereocenters. The maximum atomic E-state index is 13.2. The second-order valence-electron chi connectivity index (χ2n) is 6.75.